The summed E-state index contributed by atoms with van der Waals surface area (Å²) in [6.07, 6.45) is 0.580. The number of aromatic nitrogens is 5. The van der Waals surface area contributed by atoms with E-state index in [4.69, 9.17) is 21.3 Å². The van der Waals surface area contributed by atoms with E-state index in [1.807, 2.05) is 20.8 Å². The maximum absolute atomic E-state index is 13.8. The number of rotatable bonds is 8. The molecule has 0 spiro atoms. The highest BCUT2D eigenvalue weighted by Gasteiger charge is 2.25. The molecule has 0 saturated carbocycles. The van der Waals surface area contributed by atoms with Gasteiger partial charge in [-0.3, -0.25) is 9.59 Å². The summed E-state index contributed by atoms with van der Waals surface area (Å²) < 4.78 is 19.4. The fourth-order valence-corrected chi connectivity index (χ4v) is 3.96. The second-order valence-electron chi connectivity index (χ2n) is 9.74. The Morgan fingerprint density at radius 1 is 1.29 bits per heavy atom. The van der Waals surface area contributed by atoms with Crippen molar-refractivity contribution < 1.29 is 18.4 Å². The van der Waals surface area contributed by atoms with Crippen molar-refractivity contribution in [3.63, 3.8) is 0 Å². The van der Waals surface area contributed by atoms with E-state index in [1.54, 1.807) is 43.4 Å². The van der Waals surface area contributed by atoms with Gasteiger partial charge in [0.15, 0.2) is 17.7 Å². The largest absolute Gasteiger partial charge is 0.438 e. The molecule has 2 aromatic heterocycles. The zero-order valence-corrected chi connectivity index (χ0v) is 24.2. The number of carbonyl (C=O) groups is 2. The van der Waals surface area contributed by atoms with Gasteiger partial charge >= 0.3 is 0 Å². The van der Waals surface area contributed by atoms with Crippen molar-refractivity contribution in [1.29, 1.82) is 5.26 Å². The van der Waals surface area contributed by atoms with Crippen molar-refractivity contribution in [3.8, 4) is 17.4 Å². The van der Waals surface area contributed by atoms with E-state index in [0.717, 1.165) is 16.0 Å². The Morgan fingerprint density at radius 3 is 2.56 bits per heavy atom. The summed E-state index contributed by atoms with van der Waals surface area (Å²) in [4.78, 5) is 28.5. The van der Waals surface area contributed by atoms with E-state index >= 15 is 0 Å². The van der Waals surface area contributed by atoms with Crippen LogP contribution in [0.5, 0.6) is 0 Å². The molecule has 2 N–H and O–H groups in total. The number of halogens is 2. The minimum absolute atomic E-state index is 0.00831. The molecule has 0 bridgehead atoms. The van der Waals surface area contributed by atoms with E-state index in [9.17, 15) is 14.0 Å². The number of hydrogen-bond donors (Lipinski definition) is 2. The number of carbonyl (C=O) groups excluding carboxylic acids is 2. The molecular weight excluding hydrogens is 551 g/mol. The molecule has 0 radical (unpaired) electrons. The molecule has 13 heteroatoms. The first-order valence-corrected chi connectivity index (χ1v) is 13.0. The summed E-state index contributed by atoms with van der Waals surface area (Å²) in [7, 11) is 1.76. The first-order chi connectivity index (χ1) is 19.4. The lowest BCUT2D eigenvalue weighted by molar-refractivity contribution is 0.0943. The number of nitrogens with zero attached hydrogens (tertiary/aromatic N) is 6. The SMILES string of the molecule is CC(C)(F)c1nnn(Cc2nc(C=O)c(-c3ccccc3Cl)o2)n1.CNc1c(C)cc(C#N)cc1C(=O)NC(C)C. The highest BCUT2D eigenvalue weighted by Crippen LogP contribution is 2.30. The van der Waals surface area contributed by atoms with Gasteiger partial charge in [0, 0.05) is 24.3 Å². The third-order valence-corrected chi connectivity index (χ3v) is 5.90. The predicted molar refractivity (Wildman–Crippen MR) is 151 cm³/mol. The highest BCUT2D eigenvalue weighted by molar-refractivity contribution is 6.33. The first-order valence-electron chi connectivity index (χ1n) is 12.6. The van der Waals surface area contributed by atoms with Crippen LogP contribution in [0, 0.1) is 18.3 Å². The molecule has 0 unspecified atom stereocenters. The Kier molecular flexibility index (Phi) is 9.91. The average Bonchev–Trinajstić information content (AvgIpc) is 3.55. The molecule has 0 fully saturated rings. The highest BCUT2D eigenvalue weighted by atomic mass is 35.5. The molecule has 0 aliphatic carbocycles. The number of hydrogen-bond acceptors (Lipinski definition) is 9. The van der Waals surface area contributed by atoms with Crippen LogP contribution in [0.15, 0.2) is 40.8 Å². The van der Waals surface area contributed by atoms with Gasteiger partial charge in [-0.05, 0) is 69.7 Å². The molecule has 1 amide bonds. The summed E-state index contributed by atoms with van der Waals surface area (Å²) in [5.74, 6) is 0.241. The van der Waals surface area contributed by atoms with Gasteiger partial charge in [0.1, 0.15) is 12.2 Å². The number of anilines is 1. The topological polar surface area (TPSA) is 152 Å². The number of amides is 1. The summed E-state index contributed by atoms with van der Waals surface area (Å²) in [6, 6.07) is 12.4. The molecule has 2 heterocycles. The number of alkyl halides is 1. The van der Waals surface area contributed by atoms with Crippen molar-refractivity contribution in [2.45, 2.75) is 52.9 Å². The van der Waals surface area contributed by atoms with Crippen LogP contribution in [0.3, 0.4) is 0 Å². The zero-order chi connectivity index (χ0) is 30.3. The Labute approximate surface area is 241 Å². The molecule has 4 rings (SSSR count). The smallest absolute Gasteiger partial charge is 0.253 e. The summed E-state index contributed by atoms with van der Waals surface area (Å²) in [6.45, 7) is 8.35. The van der Waals surface area contributed by atoms with E-state index < -0.39 is 5.67 Å². The van der Waals surface area contributed by atoms with E-state index in [2.05, 4.69) is 37.1 Å². The van der Waals surface area contributed by atoms with Gasteiger partial charge in [-0.15, -0.1) is 10.2 Å². The summed E-state index contributed by atoms with van der Waals surface area (Å²) >= 11 is 6.13. The number of aldehydes is 1. The lowest BCUT2D eigenvalue weighted by Gasteiger charge is -2.14. The third-order valence-electron chi connectivity index (χ3n) is 5.57. The van der Waals surface area contributed by atoms with Crippen LogP contribution >= 0.6 is 11.6 Å². The summed E-state index contributed by atoms with van der Waals surface area (Å²) in [5.41, 5.74) is 1.63. The van der Waals surface area contributed by atoms with Crippen LogP contribution in [0.2, 0.25) is 5.02 Å². The minimum Gasteiger partial charge on any atom is -0.438 e. The number of aryl methyl sites for hydroxylation is 1. The van der Waals surface area contributed by atoms with Gasteiger partial charge in [-0.25, -0.2) is 9.37 Å². The molecule has 41 heavy (non-hydrogen) atoms. The Bertz CT molecular complexity index is 1580. The molecular formula is C28H30ClFN8O3. The van der Waals surface area contributed by atoms with Gasteiger partial charge in [-0.1, -0.05) is 23.7 Å². The maximum atomic E-state index is 13.8. The standard InChI is InChI=1S/C15H13ClFN5O2.C13H17N3O/c1-15(2,17)14-19-21-22(20-14)7-12-18-11(8-23)13(24-12)9-5-3-4-6-10(9)16;1-8(2)16-13(17)11-6-10(7-14)5-9(3)12(11)15-4/h3-6,8H,7H2,1-2H3;5-6,8,15H,1-4H3,(H,16,17). The Balaban J connectivity index is 0.000000241. The Morgan fingerprint density at radius 2 is 2.00 bits per heavy atom. The average molecular weight is 581 g/mol. The lowest BCUT2D eigenvalue weighted by Crippen LogP contribution is -2.30. The van der Waals surface area contributed by atoms with Crippen molar-refractivity contribution in [2.75, 3.05) is 12.4 Å². The van der Waals surface area contributed by atoms with Gasteiger partial charge < -0.3 is 15.1 Å². The van der Waals surface area contributed by atoms with Gasteiger partial charge in [-0.2, -0.15) is 10.1 Å². The second-order valence-corrected chi connectivity index (χ2v) is 10.1. The van der Waals surface area contributed by atoms with E-state index in [0.29, 0.717) is 28.0 Å². The van der Waals surface area contributed by atoms with Crippen LogP contribution in [0.4, 0.5) is 10.1 Å². The normalized spacial score (nSPS) is 10.9. The van der Waals surface area contributed by atoms with Crippen LogP contribution in [0.25, 0.3) is 11.3 Å². The fourth-order valence-electron chi connectivity index (χ4n) is 3.74. The quantitative estimate of drug-likeness (QED) is 0.271. The fraction of sp³-hybridized carbons (Fsp3) is 0.321. The number of benzene rings is 2. The number of nitriles is 1. The van der Waals surface area contributed by atoms with Crippen LogP contribution in [-0.4, -0.2) is 50.5 Å². The van der Waals surface area contributed by atoms with Crippen molar-refractivity contribution >= 4 is 29.5 Å². The van der Waals surface area contributed by atoms with Gasteiger partial charge in [0.05, 0.1) is 22.2 Å². The molecule has 0 saturated heterocycles. The van der Waals surface area contributed by atoms with Crippen molar-refractivity contribution in [3.05, 3.63) is 75.5 Å². The Hall–Kier alpha value is -4.63. The first kappa shape index (κ1) is 30.9. The monoisotopic (exact) mass is 580 g/mol. The predicted octanol–water partition coefficient (Wildman–Crippen LogP) is 5.09. The van der Waals surface area contributed by atoms with Crippen LogP contribution < -0.4 is 10.6 Å². The van der Waals surface area contributed by atoms with Crippen LogP contribution in [0.1, 0.15) is 71.4 Å². The van der Waals surface area contributed by atoms with E-state index in [1.165, 1.54) is 13.8 Å². The van der Waals surface area contributed by atoms with Crippen molar-refractivity contribution in [1.82, 2.24) is 30.5 Å². The zero-order valence-electron chi connectivity index (χ0n) is 23.5. The van der Waals surface area contributed by atoms with Crippen molar-refractivity contribution in [2.24, 2.45) is 0 Å². The van der Waals surface area contributed by atoms with E-state index in [-0.39, 0.29) is 41.7 Å². The molecule has 4 aromatic rings. The lowest BCUT2D eigenvalue weighted by atomic mass is 10.0. The van der Waals surface area contributed by atoms with Gasteiger partial charge in [0.2, 0.25) is 11.7 Å². The van der Waals surface area contributed by atoms with Crippen LogP contribution in [-0.2, 0) is 12.2 Å². The molecule has 11 nitrogen and oxygen atoms in total. The van der Waals surface area contributed by atoms with Gasteiger partial charge in [0.25, 0.3) is 5.91 Å². The molecule has 214 valence electrons. The number of oxazole rings is 1. The third kappa shape index (κ3) is 7.73. The number of nitrogens with one attached hydrogen (secondary N) is 2. The second kappa shape index (κ2) is 13.1. The molecule has 0 aliphatic heterocycles. The minimum atomic E-state index is -1.70. The molecule has 0 atom stereocenters. The number of tetrazole rings is 1. The molecule has 2 aromatic carbocycles. The molecule has 0 aliphatic rings. The summed E-state index contributed by atoms with van der Waals surface area (Å²) in [5, 5.41) is 26.5. The maximum Gasteiger partial charge on any atom is 0.253 e.